The predicted octanol–water partition coefficient (Wildman–Crippen LogP) is 2.06. The molecule has 0 radical (unpaired) electrons. The van der Waals surface area contributed by atoms with E-state index >= 15 is 0 Å². The first-order chi connectivity index (χ1) is 7.43. The van der Waals surface area contributed by atoms with E-state index in [1.807, 2.05) is 11.8 Å². The minimum Gasteiger partial charge on any atom is -0.338 e. The van der Waals surface area contributed by atoms with E-state index < -0.39 is 0 Å². The van der Waals surface area contributed by atoms with Crippen molar-refractivity contribution in [3.8, 4) is 0 Å². The molecule has 2 aliphatic heterocycles. The average Bonchev–Trinajstić information content (AvgIpc) is 3.02. The molecule has 3 heterocycles. The molecule has 3 rings (SSSR count). The fourth-order valence-corrected chi connectivity index (χ4v) is 3.39. The van der Waals surface area contributed by atoms with Gasteiger partial charge in [-0.25, -0.2) is 0 Å². The molecule has 0 bridgehead atoms. The van der Waals surface area contributed by atoms with Crippen molar-refractivity contribution in [1.29, 1.82) is 0 Å². The zero-order valence-electron chi connectivity index (χ0n) is 8.61. The lowest BCUT2D eigenvalue weighted by molar-refractivity contribution is 0.365. The van der Waals surface area contributed by atoms with Gasteiger partial charge in [-0.2, -0.15) is 4.98 Å². The summed E-state index contributed by atoms with van der Waals surface area (Å²) in [5, 5.41) is 7.92. The van der Waals surface area contributed by atoms with Crippen molar-refractivity contribution in [3.63, 3.8) is 0 Å². The summed E-state index contributed by atoms with van der Waals surface area (Å²) in [5.74, 6) is 2.92. The molecule has 4 nitrogen and oxygen atoms in total. The van der Waals surface area contributed by atoms with Gasteiger partial charge in [-0.15, -0.1) is 11.8 Å². The van der Waals surface area contributed by atoms with Gasteiger partial charge in [0, 0.05) is 0 Å². The van der Waals surface area contributed by atoms with Crippen molar-refractivity contribution in [3.05, 3.63) is 11.7 Å². The Bertz CT molecular complexity index is 299. The maximum Gasteiger partial charge on any atom is 0.239 e. The number of hydrogen-bond donors (Lipinski definition) is 1. The number of aromatic nitrogens is 2. The van der Waals surface area contributed by atoms with Gasteiger partial charge < -0.3 is 9.84 Å². The van der Waals surface area contributed by atoms with Gasteiger partial charge in [-0.3, -0.25) is 0 Å². The summed E-state index contributed by atoms with van der Waals surface area (Å²) in [4.78, 5) is 4.51. The van der Waals surface area contributed by atoms with Crippen LogP contribution in [0.5, 0.6) is 0 Å². The second kappa shape index (κ2) is 4.14. The van der Waals surface area contributed by atoms with Crippen LogP contribution in [0.1, 0.15) is 48.7 Å². The van der Waals surface area contributed by atoms with E-state index in [9.17, 15) is 0 Å². The summed E-state index contributed by atoms with van der Waals surface area (Å²) >= 11 is 1.93. The SMILES string of the molecule is C1CNC(c2noc(C3CCCS3)n2)C1. The third-order valence-electron chi connectivity index (χ3n) is 3.03. The molecule has 82 valence electrons. The Morgan fingerprint density at radius 2 is 2.33 bits per heavy atom. The van der Waals surface area contributed by atoms with Crippen molar-refractivity contribution in [2.75, 3.05) is 12.3 Å². The van der Waals surface area contributed by atoms with Gasteiger partial charge >= 0.3 is 0 Å². The highest BCUT2D eigenvalue weighted by molar-refractivity contribution is 7.99. The molecule has 0 amide bonds. The van der Waals surface area contributed by atoms with Gasteiger partial charge in [0.2, 0.25) is 5.89 Å². The van der Waals surface area contributed by atoms with Crippen molar-refractivity contribution < 1.29 is 4.52 Å². The van der Waals surface area contributed by atoms with E-state index in [1.54, 1.807) is 0 Å². The third-order valence-corrected chi connectivity index (χ3v) is 4.40. The van der Waals surface area contributed by atoms with E-state index in [1.165, 1.54) is 25.0 Å². The molecule has 5 heteroatoms. The third kappa shape index (κ3) is 1.90. The Morgan fingerprint density at radius 1 is 1.33 bits per heavy atom. The molecule has 15 heavy (non-hydrogen) atoms. The normalized spacial score (nSPS) is 31.2. The van der Waals surface area contributed by atoms with E-state index in [0.717, 1.165) is 24.7 Å². The number of nitrogens with zero attached hydrogens (tertiary/aromatic N) is 2. The second-order valence-electron chi connectivity index (χ2n) is 4.14. The van der Waals surface area contributed by atoms with Crippen LogP contribution in [0, 0.1) is 0 Å². The lowest BCUT2D eigenvalue weighted by Gasteiger charge is -2.02. The number of nitrogens with one attached hydrogen (secondary N) is 1. The summed E-state index contributed by atoms with van der Waals surface area (Å²) in [6.07, 6.45) is 4.81. The topological polar surface area (TPSA) is 51.0 Å². The molecule has 2 aliphatic rings. The maximum absolute atomic E-state index is 5.34. The smallest absolute Gasteiger partial charge is 0.239 e. The average molecular weight is 225 g/mol. The predicted molar refractivity (Wildman–Crippen MR) is 58.7 cm³/mol. The second-order valence-corrected chi connectivity index (χ2v) is 5.45. The zero-order valence-corrected chi connectivity index (χ0v) is 9.42. The quantitative estimate of drug-likeness (QED) is 0.835. The first-order valence-corrected chi connectivity index (χ1v) is 6.67. The molecular weight excluding hydrogens is 210 g/mol. The fourth-order valence-electron chi connectivity index (χ4n) is 2.20. The van der Waals surface area contributed by atoms with Crippen molar-refractivity contribution in [1.82, 2.24) is 15.5 Å². The van der Waals surface area contributed by atoms with Crippen LogP contribution in [0.3, 0.4) is 0 Å². The molecule has 1 N–H and O–H groups in total. The largest absolute Gasteiger partial charge is 0.338 e. The van der Waals surface area contributed by atoms with Gasteiger partial charge in [0.25, 0.3) is 0 Å². The van der Waals surface area contributed by atoms with Gasteiger partial charge in [0.15, 0.2) is 5.82 Å². The first-order valence-electron chi connectivity index (χ1n) is 5.62. The van der Waals surface area contributed by atoms with Gasteiger partial charge in [0.05, 0.1) is 11.3 Å². The minimum atomic E-state index is 0.328. The summed E-state index contributed by atoms with van der Waals surface area (Å²) in [6.45, 7) is 1.08. The first kappa shape index (κ1) is 9.66. The Labute approximate surface area is 93.2 Å². The Kier molecular flexibility index (Phi) is 2.66. The van der Waals surface area contributed by atoms with Gasteiger partial charge in [-0.05, 0) is 38.0 Å². The molecule has 0 aliphatic carbocycles. The van der Waals surface area contributed by atoms with E-state index in [2.05, 4.69) is 15.5 Å². The lowest BCUT2D eigenvalue weighted by Crippen LogP contribution is -2.14. The highest BCUT2D eigenvalue weighted by Crippen LogP contribution is 2.39. The van der Waals surface area contributed by atoms with E-state index in [4.69, 9.17) is 4.52 Å². The van der Waals surface area contributed by atoms with Crippen molar-refractivity contribution in [2.24, 2.45) is 0 Å². The monoisotopic (exact) mass is 225 g/mol. The molecule has 0 aromatic carbocycles. The summed E-state index contributed by atoms with van der Waals surface area (Å²) < 4.78 is 5.34. The zero-order chi connectivity index (χ0) is 10.1. The van der Waals surface area contributed by atoms with Crippen LogP contribution in [0.15, 0.2) is 4.52 Å². The van der Waals surface area contributed by atoms with E-state index in [-0.39, 0.29) is 0 Å². The van der Waals surface area contributed by atoms with Gasteiger partial charge in [-0.1, -0.05) is 5.16 Å². The Balaban J connectivity index is 1.74. The highest BCUT2D eigenvalue weighted by Gasteiger charge is 2.26. The van der Waals surface area contributed by atoms with Crippen LogP contribution >= 0.6 is 11.8 Å². The van der Waals surface area contributed by atoms with Gasteiger partial charge in [0.1, 0.15) is 0 Å². The molecule has 1 aromatic rings. The van der Waals surface area contributed by atoms with Crippen LogP contribution in [0.25, 0.3) is 0 Å². The molecular formula is C10H15N3OS. The molecule has 0 saturated carbocycles. The molecule has 2 saturated heterocycles. The maximum atomic E-state index is 5.34. The summed E-state index contributed by atoms with van der Waals surface area (Å²) in [6, 6.07) is 0.328. The molecule has 2 atom stereocenters. The Hall–Kier alpha value is -0.550. The Morgan fingerprint density at radius 3 is 3.07 bits per heavy atom. The van der Waals surface area contributed by atoms with Crippen LogP contribution in [0.2, 0.25) is 0 Å². The van der Waals surface area contributed by atoms with Crippen molar-refractivity contribution in [2.45, 2.75) is 37.0 Å². The number of hydrogen-bond acceptors (Lipinski definition) is 5. The molecule has 1 aromatic heterocycles. The number of thioether (sulfide) groups is 1. The highest BCUT2D eigenvalue weighted by atomic mass is 32.2. The van der Waals surface area contributed by atoms with Crippen LogP contribution in [-0.4, -0.2) is 22.4 Å². The summed E-state index contributed by atoms with van der Waals surface area (Å²) in [7, 11) is 0. The number of rotatable bonds is 2. The van der Waals surface area contributed by atoms with Crippen LogP contribution in [-0.2, 0) is 0 Å². The lowest BCUT2D eigenvalue weighted by atomic mass is 10.2. The standard InChI is InChI=1S/C10H15N3OS/c1-3-7(11-5-1)9-12-10(14-13-9)8-4-2-6-15-8/h7-8,11H,1-6H2. The van der Waals surface area contributed by atoms with Crippen molar-refractivity contribution >= 4 is 11.8 Å². The fraction of sp³-hybridized carbons (Fsp3) is 0.800. The molecule has 2 fully saturated rings. The minimum absolute atomic E-state index is 0.328. The molecule has 2 unspecified atom stereocenters. The van der Waals surface area contributed by atoms with Crippen LogP contribution in [0.4, 0.5) is 0 Å². The molecule has 0 spiro atoms. The van der Waals surface area contributed by atoms with E-state index in [0.29, 0.717) is 11.3 Å². The summed E-state index contributed by atoms with van der Waals surface area (Å²) in [5.41, 5.74) is 0. The van der Waals surface area contributed by atoms with Crippen LogP contribution < -0.4 is 5.32 Å².